The van der Waals surface area contributed by atoms with E-state index in [9.17, 15) is 4.79 Å². The molecule has 6 nitrogen and oxygen atoms in total. The van der Waals surface area contributed by atoms with E-state index >= 15 is 0 Å². The van der Waals surface area contributed by atoms with Gasteiger partial charge in [-0.15, -0.1) is 0 Å². The molecule has 1 aromatic carbocycles. The number of hydrazone groups is 1. The van der Waals surface area contributed by atoms with Crippen molar-refractivity contribution in [1.82, 2.24) is 9.97 Å². The molecule has 0 amide bonds. The number of nitrogens with zero attached hydrogens (tertiary/aromatic N) is 3. The lowest BCUT2D eigenvalue weighted by molar-refractivity contribution is 0.578. The Bertz CT molecular complexity index is 773. The lowest BCUT2D eigenvalue weighted by atomic mass is 10.1. The molecule has 1 aliphatic rings. The number of aromatic nitrogens is 2. The molecular formula is C18H23N5O. The van der Waals surface area contributed by atoms with Gasteiger partial charge in [-0.3, -0.25) is 9.78 Å². The van der Waals surface area contributed by atoms with Gasteiger partial charge in [-0.05, 0) is 50.8 Å². The summed E-state index contributed by atoms with van der Waals surface area (Å²) in [4.78, 5) is 20.7. The topological polar surface area (TPSA) is 73.4 Å². The van der Waals surface area contributed by atoms with Gasteiger partial charge in [0.25, 0.3) is 5.56 Å². The zero-order valence-corrected chi connectivity index (χ0v) is 14.2. The van der Waals surface area contributed by atoms with Crippen molar-refractivity contribution in [3.63, 3.8) is 0 Å². The molecule has 1 aliphatic heterocycles. The highest BCUT2D eigenvalue weighted by atomic mass is 16.1. The first kappa shape index (κ1) is 16.2. The van der Waals surface area contributed by atoms with E-state index in [1.807, 2.05) is 6.92 Å². The second kappa shape index (κ2) is 7.29. The molecule has 2 heterocycles. The van der Waals surface area contributed by atoms with Crippen molar-refractivity contribution in [2.75, 3.05) is 23.4 Å². The number of H-pyrrole nitrogens is 1. The van der Waals surface area contributed by atoms with Crippen molar-refractivity contribution >= 4 is 17.3 Å². The molecule has 1 aromatic heterocycles. The third kappa shape index (κ3) is 4.01. The summed E-state index contributed by atoms with van der Waals surface area (Å²) >= 11 is 0. The minimum absolute atomic E-state index is 0.191. The highest BCUT2D eigenvalue weighted by molar-refractivity contribution is 5.99. The quantitative estimate of drug-likeness (QED) is 0.669. The predicted molar refractivity (Wildman–Crippen MR) is 97.9 cm³/mol. The number of hydrogen-bond acceptors (Lipinski definition) is 5. The van der Waals surface area contributed by atoms with Gasteiger partial charge in [-0.1, -0.05) is 12.1 Å². The van der Waals surface area contributed by atoms with E-state index in [0.717, 1.165) is 24.4 Å². The number of benzene rings is 1. The Labute approximate surface area is 141 Å². The number of rotatable bonds is 4. The molecule has 0 unspecified atom stereocenters. The Morgan fingerprint density at radius 1 is 1.21 bits per heavy atom. The lowest BCUT2D eigenvalue weighted by Crippen LogP contribution is -2.29. The number of anilines is 2. The summed E-state index contributed by atoms with van der Waals surface area (Å²) in [6, 6.07) is 9.90. The van der Waals surface area contributed by atoms with Crippen LogP contribution < -0.4 is 15.9 Å². The van der Waals surface area contributed by atoms with Crippen LogP contribution in [0.5, 0.6) is 0 Å². The van der Waals surface area contributed by atoms with Crippen LogP contribution in [0, 0.1) is 6.92 Å². The number of piperidine rings is 1. The number of aromatic amines is 1. The zero-order chi connectivity index (χ0) is 16.9. The summed E-state index contributed by atoms with van der Waals surface area (Å²) in [5.41, 5.74) is 6.42. The van der Waals surface area contributed by atoms with Gasteiger partial charge in [0.15, 0.2) is 0 Å². The van der Waals surface area contributed by atoms with Crippen LogP contribution in [-0.2, 0) is 0 Å². The average Bonchev–Trinajstić information content (AvgIpc) is 2.60. The van der Waals surface area contributed by atoms with Crippen molar-refractivity contribution in [2.24, 2.45) is 5.10 Å². The second-order valence-corrected chi connectivity index (χ2v) is 6.14. The first-order valence-electron chi connectivity index (χ1n) is 8.35. The van der Waals surface area contributed by atoms with E-state index in [0.29, 0.717) is 11.6 Å². The van der Waals surface area contributed by atoms with Gasteiger partial charge in [-0.2, -0.15) is 5.10 Å². The van der Waals surface area contributed by atoms with Gasteiger partial charge in [0.1, 0.15) is 0 Å². The van der Waals surface area contributed by atoms with Gasteiger partial charge in [0, 0.05) is 30.5 Å². The highest BCUT2D eigenvalue weighted by Gasteiger charge is 2.10. The number of nitrogens with one attached hydrogen (secondary N) is 2. The molecule has 2 aromatic rings. The smallest absolute Gasteiger partial charge is 0.252 e. The van der Waals surface area contributed by atoms with E-state index in [2.05, 4.69) is 49.7 Å². The minimum atomic E-state index is -0.191. The number of aryl methyl sites for hydroxylation is 1. The largest absolute Gasteiger partial charge is 0.372 e. The van der Waals surface area contributed by atoms with Crippen molar-refractivity contribution in [2.45, 2.75) is 33.1 Å². The number of hydrogen-bond donors (Lipinski definition) is 2. The molecule has 0 radical (unpaired) electrons. The van der Waals surface area contributed by atoms with Crippen molar-refractivity contribution < 1.29 is 0 Å². The zero-order valence-electron chi connectivity index (χ0n) is 14.2. The van der Waals surface area contributed by atoms with E-state index in [1.165, 1.54) is 31.0 Å². The average molecular weight is 325 g/mol. The van der Waals surface area contributed by atoms with E-state index in [-0.39, 0.29) is 5.56 Å². The molecule has 0 aliphatic carbocycles. The Morgan fingerprint density at radius 2 is 1.92 bits per heavy atom. The third-order valence-electron chi connectivity index (χ3n) is 4.21. The van der Waals surface area contributed by atoms with Gasteiger partial charge < -0.3 is 4.90 Å². The summed E-state index contributed by atoms with van der Waals surface area (Å²) in [7, 11) is 0. The van der Waals surface area contributed by atoms with Crippen LogP contribution in [0.25, 0.3) is 0 Å². The monoisotopic (exact) mass is 325 g/mol. The molecule has 6 heteroatoms. The maximum absolute atomic E-state index is 11.4. The Morgan fingerprint density at radius 3 is 2.58 bits per heavy atom. The molecule has 3 rings (SSSR count). The molecule has 1 fully saturated rings. The van der Waals surface area contributed by atoms with Gasteiger partial charge in [-0.25, -0.2) is 10.4 Å². The van der Waals surface area contributed by atoms with Crippen molar-refractivity contribution in [3.05, 3.63) is 51.9 Å². The molecule has 2 N–H and O–H groups in total. The van der Waals surface area contributed by atoms with Crippen LogP contribution in [0.1, 0.15) is 37.4 Å². The first-order valence-corrected chi connectivity index (χ1v) is 8.35. The summed E-state index contributed by atoms with van der Waals surface area (Å²) in [5, 5.41) is 4.31. The predicted octanol–water partition coefficient (Wildman–Crippen LogP) is 2.90. The Balaban J connectivity index is 1.69. The van der Waals surface area contributed by atoms with Crippen LogP contribution in [-0.4, -0.2) is 28.8 Å². The fourth-order valence-corrected chi connectivity index (χ4v) is 2.90. The summed E-state index contributed by atoms with van der Waals surface area (Å²) in [5.74, 6) is 0.351. The fraction of sp³-hybridized carbons (Fsp3) is 0.389. The molecule has 24 heavy (non-hydrogen) atoms. The molecule has 0 spiro atoms. The Hall–Kier alpha value is -2.63. The minimum Gasteiger partial charge on any atom is -0.372 e. The van der Waals surface area contributed by atoms with Crippen LogP contribution in [0.2, 0.25) is 0 Å². The maximum Gasteiger partial charge on any atom is 0.252 e. The Kier molecular flexibility index (Phi) is 4.93. The lowest BCUT2D eigenvalue weighted by Gasteiger charge is -2.28. The van der Waals surface area contributed by atoms with E-state index in [1.54, 1.807) is 6.92 Å². The van der Waals surface area contributed by atoms with Gasteiger partial charge >= 0.3 is 0 Å². The second-order valence-electron chi connectivity index (χ2n) is 6.14. The molecule has 0 bridgehead atoms. The SMILES string of the molecule is CC(=NNc1nc(C)cc(=O)[nH]1)c1ccc(N2CCCCC2)cc1. The van der Waals surface area contributed by atoms with Crippen LogP contribution >= 0.6 is 0 Å². The molecule has 0 saturated carbocycles. The van der Waals surface area contributed by atoms with E-state index < -0.39 is 0 Å². The van der Waals surface area contributed by atoms with E-state index in [4.69, 9.17) is 0 Å². The summed E-state index contributed by atoms with van der Waals surface area (Å²) < 4.78 is 0. The summed E-state index contributed by atoms with van der Waals surface area (Å²) in [6.45, 7) is 5.98. The van der Waals surface area contributed by atoms with Crippen molar-refractivity contribution in [3.8, 4) is 0 Å². The summed E-state index contributed by atoms with van der Waals surface area (Å²) in [6.07, 6.45) is 3.88. The van der Waals surface area contributed by atoms with Gasteiger partial charge in [0.2, 0.25) is 5.95 Å². The van der Waals surface area contributed by atoms with Gasteiger partial charge in [0.05, 0.1) is 5.71 Å². The van der Waals surface area contributed by atoms with Crippen LogP contribution in [0.15, 0.2) is 40.2 Å². The molecule has 0 atom stereocenters. The first-order chi connectivity index (χ1) is 11.6. The molecular weight excluding hydrogens is 302 g/mol. The highest BCUT2D eigenvalue weighted by Crippen LogP contribution is 2.20. The fourth-order valence-electron chi connectivity index (χ4n) is 2.90. The van der Waals surface area contributed by atoms with Crippen LogP contribution in [0.4, 0.5) is 11.6 Å². The third-order valence-corrected chi connectivity index (χ3v) is 4.21. The normalized spacial score (nSPS) is 15.4. The molecule has 126 valence electrons. The van der Waals surface area contributed by atoms with Crippen LogP contribution in [0.3, 0.4) is 0 Å². The molecule has 1 saturated heterocycles. The standard InChI is InChI=1S/C18H23N5O/c1-13-12-17(24)20-18(19-13)22-21-14(2)15-6-8-16(9-7-15)23-10-4-3-5-11-23/h6-9,12H,3-5,10-11H2,1-2H3,(H2,19,20,22,24). The van der Waals surface area contributed by atoms with Crippen molar-refractivity contribution in [1.29, 1.82) is 0 Å². The maximum atomic E-state index is 11.4.